The van der Waals surface area contributed by atoms with Crippen molar-refractivity contribution in [3.8, 4) is 0 Å². The molecule has 0 bridgehead atoms. The lowest BCUT2D eigenvalue weighted by Crippen LogP contribution is -2.41. The normalized spacial score (nSPS) is 13.5. The van der Waals surface area contributed by atoms with Crippen molar-refractivity contribution in [2.45, 2.75) is 63.1 Å². The van der Waals surface area contributed by atoms with Crippen LogP contribution >= 0.6 is 23.5 Å². The summed E-state index contributed by atoms with van der Waals surface area (Å²) in [5, 5.41) is 22.2. The van der Waals surface area contributed by atoms with Gasteiger partial charge in [-0.25, -0.2) is 19.6 Å². The topological polar surface area (TPSA) is 236 Å². The molecular formula is C27H32N6O9S2. The van der Waals surface area contributed by atoms with E-state index in [-0.39, 0.29) is 53.1 Å². The number of carbonyl (C=O) groups excluding carboxylic acids is 5. The number of hydrogen-bond acceptors (Lipinski definition) is 13. The van der Waals surface area contributed by atoms with Gasteiger partial charge in [0.15, 0.2) is 11.6 Å². The van der Waals surface area contributed by atoms with Crippen LogP contribution in [-0.4, -0.2) is 94.8 Å². The lowest BCUT2D eigenvalue weighted by molar-refractivity contribution is -0.141. The average molecular weight is 649 g/mol. The van der Waals surface area contributed by atoms with E-state index in [2.05, 4.69) is 30.6 Å². The molecule has 15 nitrogen and oxygen atoms in total. The van der Waals surface area contributed by atoms with Crippen LogP contribution in [0.1, 0.15) is 83.4 Å². The molecule has 0 saturated heterocycles. The smallest absolute Gasteiger partial charge is 0.327 e. The van der Waals surface area contributed by atoms with E-state index in [0.717, 1.165) is 23.5 Å². The summed E-state index contributed by atoms with van der Waals surface area (Å²) in [6.07, 6.45) is 4.79. The van der Waals surface area contributed by atoms with Gasteiger partial charge in [0.25, 0.3) is 0 Å². The molecule has 4 N–H and O–H groups in total. The van der Waals surface area contributed by atoms with Gasteiger partial charge >= 0.3 is 11.9 Å². The highest BCUT2D eigenvalue weighted by Gasteiger charge is 2.28. The van der Waals surface area contributed by atoms with Gasteiger partial charge in [-0.1, -0.05) is 0 Å². The number of rotatable bonds is 18. The number of carboxylic acids is 2. The van der Waals surface area contributed by atoms with Crippen molar-refractivity contribution < 1.29 is 43.8 Å². The minimum atomic E-state index is -1.27. The van der Waals surface area contributed by atoms with Crippen LogP contribution in [0.5, 0.6) is 0 Å². The maximum absolute atomic E-state index is 13.5. The van der Waals surface area contributed by atoms with E-state index in [1.165, 1.54) is 52.5 Å². The minimum Gasteiger partial charge on any atom is -0.480 e. The van der Waals surface area contributed by atoms with Crippen LogP contribution < -0.4 is 10.6 Å². The van der Waals surface area contributed by atoms with E-state index in [9.17, 15) is 43.8 Å². The molecule has 236 valence electrons. The first-order valence-corrected chi connectivity index (χ1v) is 15.2. The number of Topliss-reactive ketones (excluding diaryl/α,β-unsaturated/α-hetero) is 3. The Morgan fingerprint density at radius 1 is 0.636 bits per heavy atom. The Morgan fingerprint density at radius 2 is 1.00 bits per heavy atom. The van der Waals surface area contributed by atoms with Gasteiger partial charge in [0.2, 0.25) is 11.8 Å². The molecule has 2 aromatic rings. The van der Waals surface area contributed by atoms with Gasteiger partial charge < -0.3 is 20.8 Å². The molecule has 2 heterocycles. The van der Waals surface area contributed by atoms with Crippen molar-refractivity contribution in [1.29, 1.82) is 0 Å². The number of carboxylic acid groups (broad SMARTS) is 2. The van der Waals surface area contributed by atoms with Crippen molar-refractivity contribution in [3.63, 3.8) is 0 Å². The zero-order valence-corrected chi connectivity index (χ0v) is 25.9. The molecule has 17 heteroatoms. The van der Waals surface area contributed by atoms with Gasteiger partial charge in [0, 0.05) is 52.0 Å². The van der Waals surface area contributed by atoms with Gasteiger partial charge in [-0.15, -0.1) is 23.5 Å². The number of thioether (sulfide) groups is 2. The summed E-state index contributed by atoms with van der Waals surface area (Å²) < 4.78 is 0. The summed E-state index contributed by atoms with van der Waals surface area (Å²) in [5.74, 6) is -4.86. The predicted octanol–water partition coefficient (Wildman–Crippen LogP) is 1.45. The van der Waals surface area contributed by atoms with Crippen molar-refractivity contribution in [1.82, 2.24) is 30.6 Å². The zero-order valence-electron chi connectivity index (χ0n) is 24.3. The molecule has 0 aromatic carbocycles. The van der Waals surface area contributed by atoms with Gasteiger partial charge in [0.1, 0.15) is 29.3 Å². The number of aliphatic carboxylic acids is 2. The summed E-state index contributed by atoms with van der Waals surface area (Å²) in [4.78, 5) is 99.8. The number of amides is 2. The molecule has 0 saturated carbocycles. The predicted molar refractivity (Wildman–Crippen MR) is 159 cm³/mol. The quantitative estimate of drug-likeness (QED) is 0.167. The molecule has 0 aliphatic rings. The lowest BCUT2D eigenvalue weighted by atomic mass is 10.1. The fourth-order valence-electron chi connectivity index (χ4n) is 3.63. The van der Waals surface area contributed by atoms with Crippen molar-refractivity contribution in [2.75, 3.05) is 11.5 Å². The molecular weight excluding hydrogens is 616 g/mol. The van der Waals surface area contributed by atoms with Gasteiger partial charge in [-0.3, -0.25) is 33.9 Å². The summed E-state index contributed by atoms with van der Waals surface area (Å²) in [6.45, 7) is 4.99. The SMILES string of the molecule is CC(=O)N[C@@H](CSC(CC(=O)CC(SC[C@H](NC(C)=O)C(=O)O)c1cnc(C(C)=O)cn1)c1cnc(C(C)=O)cn1)C(=O)O. The van der Waals surface area contributed by atoms with Gasteiger partial charge in [-0.05, 0) is 0 Å². The van der Waals surface area contributed by atoms with Crippen molar-refractivity contribution in [2.24, 2.45) is 0 Å². The van der Waals surface area contributed by atoms with Crippen LogP contribution in [0, 0.1) is 0 Å². The number of nitrogens with one attached hydrogen (secondary N) is 2. The monoisotopic (exact) mass is 648 g/mol. The van der Waals surface area contributed by atoms with E-state index in [0.29, 0.717) is 11.4 Å². The van der Waals surface area contributed by atoms with E-state index < -0.39 is 46.3 Å². The summed E-state index contributed by atoms with van der Waals surface area (Å²) in [5.41, 5.74) is 0.793. The number of nitrogens with zero attached hydrogens (tertiary/aromatic N) is 4. The van der Waals surface area contributed by atoms with E-state index in [1.807, 2.05) is 0 Å². The molecule has 4 atom stereocenters. The largest absolute Gasteiger partial charge is 0.480 e. The molecule has 2 amide bonds. The molecule has 2 rings (SSSR count). The standard InChI is InChI=1S/C27H32N6O9S2/c1-13(34)18-7-30-20(9-28-18)24(43-11-22(26(39)40)32-15(3)36)5-17(38)6-25(21-10-29-19(8-31-21)14(2)35)44-12-23(27(41)42)33-16(4)37/h7-10,22-25H,5-6,11-12H2,1-4H3,(H,32,36)(H,33,37)(H,39,40)(H,41,42)/t22-,23-,24?,25?/m0/s1. The molecule has 44 heavy (non-hydrogen) atoms. The minimum absolute atomic E-state index is 0.0988. The molecule has 0 aliphatic heterocycles. The summed E-state index contributed by atoms with van der Waals surface area (Å²) in [7, 11) is 0. The third-order valence-corrected chi connectivity index (χ3v) is 8.50. The molecule has 0 aliphatic carbocycles. The van der Waals surface area contributed by atoms with Crippen molar-refractivity contribution >= 4 is 64.6 Å². The van der Waals surface area contributed by atoms with Crippen LogP contribution in [-0.2, 0) is 24.0 Å². The molecule has 0 fully saturated rings. The Kier molecular flexibility index (Phi) is 14.0. The summed E-state index contributed by atoms with van der Waals surface area (Å²) in [6, 6.07) is -2.50. The Morgan fingerprint density at radius 3 is 1.25 bits per heavy atom. The third kappa shape index (κ3) is 11.8. The highest BCUT2D eigenvalue weighted by molar-refractivity contribution is 7.99. The second-order valence-corrected chi connectivity index (χ2v) is 12.0. The first-order valence-electron chi connectivity index (χ1n) is 13.1. The number of aromatic nitrogens is 4. The second-order valence-electron chi connectivity index (χ2n) is 9.54. The maximum atomic E-state index is 13.5. The lowest BCUT2D eigenvalue weighted by Gasteiger charge is -2.21. The number of hydrogen-bond donors (Lipinski definition) is 4. The summed E-state index contributed by atoms with van der Waals surface area (Å²) >= 11 is 2.10. The second kappa shape index (κ2) is 17.1. The van der Waals surface area contributed by atoms with Crippen molar-refractivity contribution in [3.05, 3.63) is 47.6 Å². The molecule has 2 unspecified atom stereocenters. The van der Waals surface area contributed by atoms with Gasteiger partial charge in [0.05, 0.1) is 46.7 Å². The first kappa shape index (κ1) is 35.9. The Labute approximate surface area is 260 Å². The highest BCUT2D eigenvalue weighted by atomic mass is 32.2. The number of carbonyl (C=O) groups is 7. The third-order valence-electron chi connectivity index (χ3n) is 5.83. The van der Waals surface area contributed by atoms with Crippen LogP contribution in [0.3, 0.4) is 0 Å². The van der Waals surface area contributed by atoms with E-state index >= 15 is 0 Å². The fourth-order valence-corrected chi connectivity index (χ4v) is 6.13. The Balaban J connectivity index is 2.34. The fraction of sp³-hybridized carbons (Fsp3) is 0.444. The molecule has 0 spiro atoms. The van der Waals surface area contributed by atoms with Crippen LogP contribution in [0.15, 0.2) is 24.8 Å². The van der Waals surface area contributed by atoms with Crippen LogP contribution in [0.4, 0.5) is 0 Å². The maximum Gasteiger partial charge on any atom is 0.327 e. The van der Waals surface area contributed by atoms with Gasteiger partial charge in [-0.2, -0.15) is 0 Å². The molecule has 2 aromatic heterocycles. The van der Waals surface area contributed by atoms with E-state index in [1.54, 1.807) is 0 Å². The molecule has 0 radical (unpaired) electrons. The van der Waals surface area contributed by atoms with E-state index in [4.69, 9.17) is 0 Å². The first-order chi connectivity index (χ1) is 20.7. The average Bonchev–Trinajstić information content (AvgIpc) is 2.95. The zero-order chi connectivity index (χ0) is 33.0. The highest BCUT2D eigenvalue weighted by Crippen LogP contribution is 2.36. The Bertz CT molecular complexity index is 1290. The van der Waals surface area contributed by atoms with Crippen LogP contribution in [0.2, 0.25) is 0 Å². The Hall–Kier alpha value is -4.25. The van der Waals surface area contributed by atoms with Crippen LogP contribution in [0.25, 0.3) is 0 Å². The number of ketones is 3.